The molecule has 1 amide bonds. The Kier molecular flexibility index (Phi) is 2.70. The molecular weight excluding hydrogens is 198 g/mol. The van der Waals surface area contributed by atoms with E-state index in [1.807, 2.05) is 5.32 Å². The van der Waals surface area contributed by atoms with Gasteiger partial charge in [-0.1, -0.05) is 0 Å². The van der Waals surface area contributed by atoms with Gasteiger partial charge in [0.15, 0.2) is 0 Å². The Morgan fingerprint density at radius 2 is 2.00 bits per heavy atom. The van der Waals surface area contributed by atoms with Crippen LogP contribution in [-0.2, 0) is 4.79 Å². The van der Waals surface area contributed by atoms with E-state index in [0.29, 0.717) is 12.1 Å². The van der Waals surface area contributed by atoms with E-state index in [1.54, 1.807) is 0 Å². The molecule has 0 aliphatic heterocycles. The van der Waals surface area contributed by atoms with Crippen molar-refractivity contribution in [3.8, 4) is 0 Å². The van der Waals surface area contributed by atoms with E-state index in [4.69, 9.17) is 0 Å². The number of benzene rings is 1. The second-order valence-electron chi connectivity index (χ2n) is 2.30. The van der Waals surface area contributed by atoms with E-state index < -0.39 is 27.9 Å². The highest BCUT2D eigenvalue weighted by Gasteiger charge is 2.17. The van der Waals surface area contributed by atoms with E-state index >= 15 is 0 Å². The summed E-state index contributed by atoms with van der Waals surface area (Å²) in [6.07, 6.45) is 0.139. The van der Waals surface area contributed by atoms with E-state index in [2.05, 4.69) is 0 Å². The van der Waals surface area contributed by atoms with Crippen molar-refractivity contribution in [1.29, 1.82) is 0 Å². The van der Waals surface area contributed by atoms with Crippen LogP contribution in [0.3, 0.4) is 0 Å². The van der Waals surface area contributed by atoms with Gasteiger partial charge in [-0.2, -0.15) is 4.39 Å². The van der Waals surface area contributed by atoms with Crippen molar-refractivity contribution >= 4 is 17.8 Å². The van der Waals surface area contributed by atoms with Crippen molar-refractivity contribution in [2.75, 3.05) is 5.32 Å². The number of nitrogens with zero attached hydrogens (tertiary/aromatic N) is 1. The van der Waals surface area contributed by atoms with Gasteiger partial charge in [-0.05, 0) is 0 Å². The zero-order valence-electron chi connectivity index (χ0n) is 6.66. The lowest BCUT2D eigenvalue weighted by molar-refractivity contribution is -0.387. The molecule has 0 fully saturated rings. The molecule has 1 N–H and O–H groups in total. The minimum absolute atomic E-state index is 0.139. The van der Waals surface area contributed by atoms with Crippen LogP contribution in [0, 0.1) is 21.7 Å². The molecule has 0 saturated heterocycles. The first-order valence-corrected chi connectivity index (χ1v) is 3.40. The highest BCUT2D eigenvalue weighted by atomic mass is 19.1. The van der Waals surface area contributed by atoms with Gasteiger partial charge in [0.25, 0.3) is 0 Å². The molecule has 1 aromatic carbocycles. The van der Waals surface area contributed by atoms with Crippen molar-refractivity contribution in [3.05, 3.63) is 33.9 Å². The van der Waals surface area contributed by atoms with Crippen LogP contribution >= 0.6 is 0 Å². The van der Waals surface area contributed by atoms with Gasteiger partial charge >= 0.3 is 5.69 Å². The van der Waals surface area contributed by atoms with Crippen LogP contribution in [0.5, 0.6) is 0 Å². The molecule has 0 aromatic heterocycles. The number of nitro benzene ring substituents is 1. The van der Waals surface area contributed by atoms with Crippen molar-refractivity contribution in [3.63, 3.8) is 0 Å². The molecule has 1 rings (SSSR count). The summed E-state index contributed by atoms with van der Waals surface area (Å²) < 4.78 is 25.5. The summed E-state index contributed by atoms with van der Waals surface area (Å²) in [5.74, 6) is -2.36. The van der Waals surface area contributed by atoms with Gasteiger partial charge in [-0.3, -0.25) is 14.9 Å². The highest BCUT2D eigenvalue weighted by Crippen LogP contribution is 2.24. The average molecular weight is 202 g/mol. The van der Waals surface area contributed by atoms with Crippen LogP contribution in [0.2, 0.25) is 0 Å². The van der Waals surface area contributed by atoms with Gasteiger partial charge in [0.2, 0.25) is 12.2 Å². The Morgan fingerprint density at radius 3 is 2.50 bits per heavy atom. The predicted molar refractivity (Wildman–Crippen MR) is 42.7 cm³/mol. The fraction of sp³-hybridized carbons (Fsp3) is 0. The van der Waals surface area contributed by atoms with Crippen molar-refractivity contribution in [2.24, 2.45) is 0 Å². The van der Waals surface area contributed by atoms with Crippen LogP contribution in [-0.4, -0.2) is 11.3 Å². The molecule has 0 aliphatic carbocycles. The van der Waals surface area contributed by atoms with Gasteiger partial charge in [0.1, 0.15) is 5.82 Å². The number of nitro groups is 1. The minimum Gasteiger partial charge on any atom is -0.326 e. The SMILES string of the molecule is O=CNc1cc([N+](=O)[O-])c(F)cc1F. The van der Waals surface area contributed by atoms with Crippen LogP contribution in [0.4, 0.5) is 20.2 Å². The maximum Gasteiger partial charge on any atom is 0.307 e. The molecule has 0 unspecified atom stereocenters. The lowest BCUT2D eigenvalue weighted by Gasteiger charge is -2.00. The molecule has 0 spiro atoms. The smallest absolute Gasteiger partial charge is 0.307 e. The Hall–Kier alpha value is -2.05. The van der Waals surface area contributed by atoms with Gasteiger partial charge in [-0.15, -0.1) is 0 Å². The number of amides is 1. The quantitative estimate of drug-likeness (QED) is 0.458. The number of carbonyl (C=O) groups is 1. The lowest BCUT2D eigenvalue weighted by atomic mass is 10.2. The van der Waals surface area contributed by atoms with Gasteiger partial charge in [0.05, 0.1) is 10.6 Å². The number of rotatable bonds is 3. The third kappa shape index (κ3) is 1.82. The second kappa shape index (κ2) is 3.77. The van der Waals surface area contributed by atoms with E-state index in [-0.39, 0.29) is 6.41 Å². The van der Waals surface area contributed by atoms with Crippen LogP contribution < -0.4 is 5.32 Å². The molecule has 74 valence electrons. The molecule has 5 nitrogen and oxygen atoms in total. The highest BCUT2D eigenvalue weighted by molar-refractivity contribution is 5.72. The summed E-state index contributed by atoms with van der Waals surface area (Å²) in [4.78, 5) is 19.2. The zero-order valence-corrected chi connectivity index (χ0v) is 6.66. The zero-order chi connectivity index (χ0) is 10.7. The van der Waals surface area contributed by atoms with Crippen molar-refractivity contribution in [1.82, 2.24) is 0 Å². The Labute approximate surface area is 76.5 Å². The predicted octanol–water partition coefficient (Wildman–Crippen LogP) is 1.44. The maximum absolute atomic E-state index is 12.8. The lowest BCUT2D eigenvalue weighted by Crippen LogP contribution is -2.00. The summed E-state index contributed by atoms with van der Waals surface area (Å²) in [6.45, 7) is 0. The maximum atomic E-state index is 12.8. The van der Waals surface area contributed by atoms with Crippen LogP contribution in [0.1, 0.15) is 0 Å². The molecule has 0 radical (unpaired) electrons. The number of halogens is 2. The summed E-state index contributed by atoms with van der Waals surface area (Å²) in [5.41, 5.74) is -1.33. The first-order valence-electron chi connectivity index (χ1n) is 3.40. The van der Waals surface area contributed by atoms with Gasteiger partial charge in [-0.25, -0.2) is 4.39 Å². The molecule has 1 aromatic rings. The molecule has 0 atom stereocenters. The Morgan fingerprint density at radius 1 is 1.36 bits per heavy atom. The normalized spacial score (nSPS) is 9.57. The van der Waals surface area contributed by atoms with Crippen LogP contribution in [0.25, 0.3) is 0 Å². The average Bonchev–Trinajstić information content (AvgIpc) is 2.09. The Balaban J connectivity index is 3.26. The first kappa shape index (κ1) is 10.0. The fourth-order valence-corrected chi connectivity index (χ4v) is 0.852. The van der Waals surface area contributed by atoms with Crippen LogP contribution in [0.15, 0.2) is 12.1 Å². The van der Waals surface area contributed by atoms with E-state index in [1.165, 1.54) is 0 Å². The molecular formula is C7H4F2N2O3. The number of carbonyl (C=O) groups excluding carboxylic acids is 1. The monoisotopic (exact) mass is 202 g/mol. The molecule has 7 heteroatoms. The van der Waals surface area contributed by atoms with Gasteiger partial charge < -0.3 is 5.32 Å². The number of nitrogens with one attached hydrogen (secondary N) is 1. The number of hydrogen-bond acceptors (Lipinski definition) is 3. The van der Waals surface area contributed by atoms with Crippen molar-refractivity contribution < 1.29 is 18.5 Å². The number of hydrogen-bond donors (Lipinski definition) is 1. The van der Waals surface area contributed by atoms with E-state index in [0.717, 1.165) is 0 Å². The largest absolute Gasteiger partial charge is 0.326 e. The molecule has 0 bridgehead atoms. The first-order chi connectivity index (χ1) is 6.56. The summed E-state index contributed by atoms with van der Waals surface area (Å²) in [5, 5.41) is 12.1. The summed E-state index contributed by atoms with van der Waals surface area (Å²) in [7, 11) is 0. The number of anilines is 1. The van der Waals surface area contributed by atoms with Gasteiger partial charge in [0, 0.05) is 12.1 Å². The molecule has 0 aliphatic rings. The second-order valence-corrected chi connectivity index (χ2v) is 2.30. The summed E-state index contributed by atoms with van der Waals surface area (Å²) >= 11 is 0. The third-order valence-corrected chi connectivity index (χ3v) is 1.45. The van der Waals surface area contributed by atoms with Crippen molar-refractivity contribution in [2.45, 2.75) is 0 Å². The minimum atomic E-state index is -1.29. The standard InChI is InChI=1S/C7H4F2N2O3/c8-4-1-5(9)7(11(13)14)2-6(4)10-3-12/h1-3H,(H,10,12). The fourth-order valence-electron chi connectivity index (χ4n) is 0.852. The molecule has 0 saturated carbocycles. The third-order valence-electron chi connectivity index (χ3n) is 1.45. The Bertz CT molecular complexity index is 395. The molecule has 14 heavy (non-hydrogen) atoms. The summed E-state index contributed by atoms with van der Waals surface area (Å²) in [6, 6.07) is 0.947. The van der Waals surface area contributed by atoms with E-state index in [9.17, 15) is 23.7 Å². The molecule has 0 heterocycles. The topological polar surface area (TPSA) is 72.2 Å².